The summed E-state index contributed by atoms with van der Waals surface area (Å²) in [5.41, 5.74) is 8.51. The highest BCUT2D eigenvalue weighted by molar-refractivity contribution is 6.02. The molecule has 0 aliphatic carbocycles. The summed E-state index contributed by atoms with van der Waals surface area (Å²) in [6.07, 6.45) is -1.35. The summed E-state index contributed by atoms with van der Waals surface area (Å²) in [4.78, 5) is 4.16. The van der Waals surface area contributed by atoms with E-state index in [0.717, 1.165) is 33.4 Å². The summed E-state index contributed by atoms with van der Waals surface area (Å²) in [5.74, 6) is -3.45. The van der Waals surface area contributed by atoms with Crippen LogP contribution in [0, 0.1) is 6.85 Å². The summed E-state index contributed by atoms with van der Waals surface area (Å²) in [6.45, 7) is 23.5. The van der Waals surface area contributed by atoms with E-state index in [9.17, 15) is 8.22 Å². The Morgan fingerprint density at radius 1 is 0.667 bits per heavy atom. The number of aryl methyl sites for hydroxylation is 1. The molecule has 1 aromatic heterocycles. The van der Waals surface area contributed by atoms with Crippen LogP contribution in [-0.4, -0.2) is 0 Å². The van der Waals surface area contributed by atoms with E-state index in [1.54, 1.807) is 38.3 Å². The molecular formula is C62H66N3O+. The molecule has 4 aliphatic heterocycles. The molecule has 0 saturated carbocycles. The average Bonchev–Trinajstić information content (AvgIpc) is 2.66. The molecule has 2 atom stereocenters. The first-order valence-electron chi connectivity index (χ1n) is 29.6. The van der Waals surface area contributed by atoms with Gasteiger partial charge < -0.3 is 9.64 Å². The van der Waals surface area contributed by atoms with Gasteiger partial charge >= 0.3 is 5.85 Å². The van der Waals surface area contributed by atoms with Crippen molar-refractivity contribution in [2.75, 3.05) is 9.80 Å². The number of ether oxygens (including phenoxy) is 1. The van der Waals surface area contributed by atoms with Crippen LogP contribution in [0.15, 0.2) is 127 Å². The number of nitrogens with zero attached hydrogens (tertiary/aromatic N) is 3. The maximum Gasteiger partial charge on any atom is 0.432 e. The lowest BCUT2D eigenvalue weighted by Crippen LogP contribution is -2.71. The third-order valence-corrected chi connectivity index (χ3v) is 14.0. The number of fused-ring (bicyclic) bond motifs is 5. The van der Waals surface area contributed by atoms with Crippen molar-refractivity contribution in [2.45, 2.75) is 137 Å². The highest BCUT2D eigenvalue weighted by Gasteiger charge is 2.70. The van der Waals surface area contributed by atoms with Crippen molar-refractivity contribution in [1.82, 2.24) is 0 Å². The maximum atomic E-state index is 10.4. The lowest BCUT2D eigenvalue weighted by molar-refractivity contribution is -0.774. The maximum absolute atomic E-state index is 10.4. The summed E-state index contributed by atoms with van der Waals surface area (Å²) < 4.78 is 130. The van der Waals surface area contributed by atoms with Crippen LogP contribution in [0.1, 0.15) is 170 Å². The van der Waals surface area contributed by atoms with Gasteiger partial charge in [-0.2, -0.15) is 0 Å². The first-order chi connectivity index (χ1) is 36.3. The molecule has 7 aromatic rings. The van der Waals surface area contributed by atoms with Gasteiger partial charge in [-0.3, -0.25) is 0 Å². The van der Waals surface area contributed by atoms with Gasteiger partial charge in [0.2, 0.25) is 5.69 Å². The molecule has 0 radical (unpaired) electrons. The molecule has 66 heavy (non-hydrogen) atoms. The molecule has 4 nitrogen and oxygen atoms in total. The van der Waals surface area contributed by atoms with E-state index in [4.69, 9.17) is 14.3 Å². The number of anilines is 3. The highest BCUT2D eigenvalue weighted by Crippen LogP contribution is 2.68. The second-order valence-corrected chi connectivity index (χ2v) is 22.1. The SMILES string of the molecule is [2H]c1c([2H])c([2H])c(-c2c([2H])c([2H])[n+]3c(c2[2H])-c2cc(C(C)(C)C)cc4c2C32Oc3c(cc(C(C)(C)C)cc3C(C)(C)C)C3N(c5ccc(-c6cc(C([2H])(C)C)cc(C([2H])(C)C)c6)cc5C([2H])([2H])[2H])c5cccc-4c5N32)c([2H])c1[2H]. The minimum absolute atomic E-state index is 0.0498. The van der Waals surface area contributed by atoms with Crippen LogP contribution >= 0.6 is 0 Å². The Bertz CT molecular complexity index is 3790. The zero-order chi connectivity index (χ0) is 57.9. The predicted octanol–water partition coefficient (Wildman–Crippen LogP) is 16.1. The molecule has 4 heteroatoms. The Labute approximate surface area is 412 Å². The Morgan fingerprint density at radius 2 is 1.35 bits per heavy atom. The third kappa shape index (κ3) is 6.12. The van der Waals surface area contributed by atoms with Crippen LogP contribution in [0.25, 0.3) is 44.6 Å². The molecule has 334 valence electrons. The lowest BCUT2D eigenvalue weighted by atomic mass is 9.77. The van der Waals surface area contributed by atoms with Crippen molar-refractivity contribution in [3.8, 4) is 50.4 Å². The van der Waals surface area contributed by atoms with Gasteiger partial charge in [0.25, 0.3) is 0 Å². The molecule has 11 rings (SSSR count). The minimum atomic E-state index is -2.70. The van der Waals surface area contributed by atoms with E-state index in [2.05, 4.69) is 90.3 Å². The number of benzene rings is 6. The van der Waals surface area contributed by atoms with Crippen LogP contribution in [0.4, 0.5) is 17.1 Å². The van der Waals surface area contributed by atoms with E-state index in [1.807, 2.05) is 54.6 Å². The van der Waals surface area contributed by atoms with Gasteiger partial charge in [-0.15, -0.1) is 4.57 Å². The van der Waals surface area contributed by atoms with Gasteiger partial charge in [0, 0.05) is 46.9 Å². The van der Waals surface area contributed by atoms with E-state index >= 15 is 0 Å². The third-order valence-electron chi connectivity index (χ3n) is 14.0. The van der Waals surface area contributed by atoms with Crippen molar-refractivity contribution in [3.63, 3.8) is 0 Å². The van der Waals surface area contributed by atoms with Gasteiger partial charge in [-0.25, -0.2) is 4.90 Å². The number of pyridine rings is 1. The number of para-hydroxylation sites is 1. The Balaban J connectivity index is 1.31. The standard InChI is InChI=1S/C62H66N3O/c1-36(2)42-28-43(37(3)4)30-44(29-42)40-23-24-52(38(5)27-40)64-53-22-18-21-47-48-32-45(59(6,7)8)33-49-54-31-41(39-19-16-15-17-20-39)25-26-63(54)62(55(48)49)65(56(47)53)58(64)50-34-46(60(9,10)11)35-51(57(50)66-62)61(12,13)14/h15-37,58H,1-14H3/q+1/i5D3,15D,16D,17D,19D,20D,25D,26D,31D,36D,37D. The van der Waals surface area contributed by atoms with Gasteiger partial charge in [0.1, 0.15) is 18.8 Å². The number of hydrogen-bond acceptors (Lipinski definition) is 3. The van der Waals surface area contributed by atoms with Crippen LogP contribution in [-0.2, 0) is 22.1 Å². The largest absolute Gasteiger partial charge is 0.432 e. The van der Waals surface area contributed by atoms with Gasteiger partial charge in [-0.05, 0) is 121 Å². The molecule has 0 N–H and O–H groups in total. The molecule has 6 aromatic carbocycles. The monoisotopic (exact) mass is 882 g/mol. The van der Waals surface area contributed by atoms with Crippen molar-refractivity contribution >= 4 is 17.1 Å². The van der Waals surface area contributed by atoms with Crippen LogP contribution in [0.5, 0.6) is 5.75 Å². The van der Waals surface area contributed by atoms with Crippen molar-refractivity contribution in [3.05, 3.63) is 172 Å². The molecule has 4 aliphatic rings. The van der Waals surface area contributed by atoms with E-state index < -0.39 is 83.9 Å². The smallest absolute Gasteiger partial charge is 0.410 e. The van der Waals surface area contributed by atoms with E-state index in [0.29, 0.717) is 56.2 Å². The topological polar surface area (TPSA) is 19.6 Å². The highest BCUT2D eigenvalue weighted by atomic mass is 16.5. The Kier molecular flexibility index (Phi) is 6.50. The fourth-order valence-electron chi connectivity index (χ4n) is 10.4. The van der Waals surface area contributed by atoms with Crippen molar-refractivity contribution in [2.24, 2.45) is 0 Å². The summed E-state index contributed by atoms with van der Waals surface area (Å²) in [5, 5.41) is 0. The van der Waals surface area contributed by atoms with Crippen molar-refractivity contribution < 1.29 is 27.1 Å². The predicted molar refractivity (Wildman–Crippen MR) is 275 cm³/mol. The second kappa shape index (κ2) is 14.2. The molecule has 5 heterocycles. The zero-order valence-corrected chi connectivity index (χ0v) is 40.3. The van der Waals surface area contributed by atoms with Crippen LogP contribution in [0.2, 0.25) is 0 Å². The normalized spacial score (nSPS) is 21.1. The summed E-state index contributed by atoms with van der Waals surface area (Å²) in [6, 6.07) is 21.6. The quantitative estimate of drug-likeness (QED) is 0.161. The molecule has 2 unspecified atom stereocenters. The Hall–Kier alpha value is -6.13. The zero-order valence-electron chi connectivity index (χ0n) is 53.3. The first kappa shape index (κ1) is 30.2. The van der Waals surface area contributed by atoms with Crippen molar-refractivity contribution in [1.29, 1.82) is 0 Å². The fraction of sp³-hybridized carbons (Fsp3) is 0.339. The molecule has 0 saturated heterocycles. The first-order valence-corrected chi connectivity index (χ1v) is 23.1. The number of rotatable bonds is 5. The molecule has 0 amide bonds. The molecular weight excluding hydrogens is 803 g/mol. The average molecular weight is 882 g/mol. The van der Waals surface area contributed by atoms with Gasteiger partial charge in [0.05, 0.1) is 26.5 Å². The Morgan fingerprint density at radius 3 is 2.00 bits per heavy atom. The molecule has 0 bridgehead atoms. The lowest BCUT2D eigenvalue weighted by Gasteiger charge is -2.49. The molecule has 0 fully saturated rings. The summed E-state index contributed by atoms with van der Waals surface area (Å²) in [7, 11) is 0. The number of aromatic nitrogens is 1. The van der Waals surface area contributed by atoms with E-state index in [1.165, 1.54) is 0 Å². The minimum Gasteiger partial charge on any atom is -0.410 e. The number of hydrogen-bond donors (Lipinski definition) is 0. The second-order valence-electron chi connectivity index (χ2n) is 22.1. The molecule has 1 spiro atoms. The summed E-state index contributed by atoms with van der Waals surface area (Å²) >= 11 is 0. The van der Waals surface area contributed by atoms with Crippen LogP contribution < -0.4 is 19.1 Å². The van der Waals surface area contributed by atoms with Crippen LogP contribution in [0.3, 0.4) is 0 Å². The van der Waals surface area contributed by atoms with Gasteiger partial charge in [-0.1, -0.05) is 163 Å². The fourth-order valence-corrected chi connectivity index (χ4v) is 10.4. The van der Waals surface area contributed by atoms with E-state index in [-0.39, 0.29) is 33.8 Å². The van der Waals surface area contributed by atoms with Gasteiger partial charge in [0.15, 0.2) is 6.17 Å².